The highest BCUT2D eigenvalue weighted by Crippen LogP contribution is 2.30. The van der Waals surface area contributed by atoms with Gasteiger partial charge in [-0.25, -0.2) is 14.2 Å². The number of alkyl halides is 3. The van der Waals surface area contributed by atoms with E-state index in [1.807, 2.05) is 5.32 Å². The van der Waals surface area contributed by atoms with Crippen LogP contribution in [-0.2, 0) is 23.9 Å². The van der Waals surface area contributed by atoms with Crippen molar-refractivity contribution in [1.29, 1.82) is 0 Å². The molecule has 0 radical (unpaired) electrons. The maximum Gasteiger partial charge on any atom is 0.416 e. The van der Waals surface area contributed by atoms with E-state index >= 15 is 0 Å². The van der Waals surface area contributed by atoms with Crippen molar-refractivity contribution in [2.75, 3.05) is 0 Å². The fraction of sp³-hybridized carbons (Fsp3) is 0.160. The first kappa shape index (κ1) is 26.0. The number of hydrogen-bond donors (Lipinski definition) is 4. The van der Waals surface area contributed by atoms with Gasteiger partial charge < -0.3 is 20.7 Å². The number of carbonyl (C=O) groups excluding carboxylic acids is 1. The molecule has 3 aromatic carbocycles. The summed E-state index contributed by atoms with van der Waals surface area (Å²) < 4.78 is 52.5. The van der Waals surface area contributed by atoms with Crippen molar-refractivity contribution in [2.24, 2.45) is 0 Å². The van der Waals surface area contributed by atoms with Crippen molar-refractivity contribution in [2.45, 2.75) is 25.2 Å². The number of carbonyl (C=O) groups is 2. The lowest BCUT2D eigenvalue weighted by Gasteiger charge is -2.17. The number of hydrogen-bond acceptors (Lipinski definition) is 3. The van der Waals surface area contributed by atoms with Gasteiger partial charge in [-0.15, -0.1) is 0 Å². The number of aromatic nitrogens is 2. The highest BCUT2D eigenvalue weighted by molar-refractivity contribution is 6.31. The molecule has 0 saturated carbocycles. The number of carboxylic acid groups (broad SMARTS) is 1. The van der Waals surface area contributed by atoms with Crippen LogP contribution in [0.2, 0.25) is 5.02 Å². The van der Waals surface area contributed by atoms with E-state index in [2.05, 4.69) is 15.3 Å². The lowest BCUT2D eigenvalue weighted by Crippen LogP contribution is -2.47. The van der Waals surface area contributed by atoms with Gasteiger partial charge in [0.2, 0.25) is 5.91 Å². The Morgan fingerprint density at radius 1 is 1.05 bits per heavy atom. The Balaban J connectivity index is 1.47. The van der Waals surface area contributed by atoms with Crippen molar-refractivity contribution < 1.29 is 32.3 Å². The minimum absolute atomic E-state index is 0.0136. The third-order valence-electron chi connectivity index (χ3n) is 5.52. The van der Waals surface area contributed by atoms with Crippen molar-refractivity contribution in [3.05, 3.63) is 88.5 Å². The van der Waals surface area contributed by atoms with Gasteiger partial charge >= 0.3 is 12.3 Å². The Morgan fingerprint density at radius 2 is 1.78 bits per heavy atom. The second-order valence-electron chi connectivity index (χ2n) is 8.17. The number of H-pyrrole nitrogens is 1. The fourth-order valence-electron chi connectivity index (χ4n) is 3.76. The molecule has 1 unspecified atom stereocenters. The average molecular weight is 535 g/mol. The number of nitrogens with zero attached hydrogens (tertiary/aromatic N) is 1. The molecule has 0 aliphatic heterocycles. The summed E-state index contributed by atoms with van der Waals surface area (Å²) in [6, 6.07) is 12.6. The quantitative estimate of drug-likeness (QED) is 0.234. The first-order chi connectivity index (χ1) is 17.5. The standard InChI is InChI=1S/C25H19ClF4N4O3/c26-17-10-14(4-6-18(17)27)15-5-7-19-20(11-15)33-22(32-19)12-31-23(35)21(34-24(36)37)9-13-2-1-3-16(8-13)25(28,29)30/h1-8,10-11,21,34H,9,12H2,(H,31,35)(H,32,33)(H,36,37). The first-order valence-electron chi connectivity index (χ1n) is 10.9. The Kier molecular flexibility index (Phi) is 7.35. The summed E-state index contributed by atoms with van der Waals surface area (Å²) in [5.41, 5.74) is 1.90. The van der Waals surface area contributed by atoms with E-state index in [-0.39, 0.29) is 23.6 Å². The second-order valence-corrected chi connectivity index (χ2v) is 8.57. The molecule has 0 spiro atoms. The largest absolute Gasteiger partial charge is 0.465 e. The molecule has 4 N–H and O–H groups in total. The maximum atomic E-state index is 13.5. The number of nitrogens with one attached hydrogen (secondary N) is 3. The van der Waals surface area contributed by atoms with E-state index in [0.717, 1.165) is 17.7 Å². The summed E-state index contributed by atoms with van der Waals surface area (Å²) in [5.74, 6) is -0.900. The summed E-state index contributed by atoms with van der Waals surface area (Å²) in [6.45, 7) is -0.0917. The van der Waals surface area contributed by atoms with Crippen LogP contribution in [0.1, 0.15) is 17.0 Å². The monoisotopic (exact) mass is 534 g/mol. The maximum absolute atomic E-state index is 13.5. The van der Waals surface area contributed by atoms with Crippen LogP contribution < -0.4 is 10.6 Å². The first-order valence-corrected chi connectivity index (χ1v) is 11.2. The van der Waals surface area contributed by atoms with Crippen LogP contribution in [0.15, 0.2) is 60.7 Å². The molecule has 1 aromatic heterocycles. The number of aromatic amines is 1. The molecule has 0 aliphatic carbocycles. The zero-order valence-corrected chi connectivity index (χ0v) is 19.6. The third kappa shape index (κ3) is 6.36. The zero-order chi connectivity index (χ0) is 26.7. The Morgan fingerprint density at radius 3 is 2.49 bits per heavy atom. The van der Waals surface area contributed by atoms with Crippen molar-refractivity contribution >= 4 is 34.6 Å². The van der Waals surface area contributed by atoms with Gasteiger partial charge in [0, 0.05) is 6.42 Å². The van der Waals surface area contributed by atoms with E-state index in [0.29, 0.717) is 22.4 Å². The zero-order valence-electron chi connectivity index (χ0n) is 18.9. The number of halogens is 5. The Hall–Kier alpha value is -4.12. The topological polar surface area (TPSA) is 107 Å². The van der Waals surface area contributed by atoms with Gasteiger partial charge in [0.05, 0.1) is 28.2 Å². The molecule has 2 amide bonds. The Labute approximate surface area is 212 Å². The van der Waals surface area contributed by atoms with E-state index in [1.165, 1.54) is 24.3 Å². The molecular weight excluding hydrogens is 516 g/mol. The molecule has 4 aromatic rings. The molecule has 0 bridgehead atoms. The SMILES string of the molecule is O=C(O)NC(Cc1cccc(C(F)(F)F)c1)C(=O)NCc1nc2ccc(-c3ccc(F)c(Cl)c3)cc2[nH]1. The predicted octanol–water partition coefficient (Wildman–Crippen LogP) is 5.54. The predicted molar refractivity (Wildman–Crippen MR) is 128 cm³/mol. The molecule has 0 fully saturated rings. The van der Waals surface area contributed by atoms with Gasteiger partial charge in [0.25, 0.3) is 0 Å². The van der Waals surface area contributed by atoms with Gasteiger partial charge in [0.15, 0.2) is 0 Å². The highest BCUT2D eigenvalue weighted by atomic mass is 35.5. The molecule has 7 nitrogen and oxygen atoms in total. The lowest BCUT2D eigenvalue weighted by molar-refractivity contribution is -0.137. The van der Waals surface area contributed by atoms with Gasteiger partial charge in [0.1, 0.15) is 17.7 Å². The number of amides is 2. The summed E-state index contributed by atoms with van der Waals surface area (Å²) in [6.07, 6.45) is -6.35. The number of fused-ring (bicyclic) bond motifs is 1. The minimum Gasteiger partial charge on any atom is -0.465 e. The van der Waals surface area contributed by atoms with Crippen LogP contribution in [0.4, 0.5) is 22.4 Å². The van der Waals surface area contributed by atoms with E-state index in [1.54, 1.807) is 24.3 Å². The summed E-state index contributed by atoms with van der Waals surface area (Å²) >= 11 is 5.87. The molecule has 0 saturated heterocycles. The van der Waals surface area contributed by atoms with Crippen molar-refractivity contribution in [3.8, 4) is 11.1 Å². The minimum atomic E-state index is -4.57. The number of benzene rings is 3. The molecule has 4 rings (SSSR count). The van der Waals surface area contributed by atoms with Gasteiger partial charge in [-0.3, -0.25) is 4.79 Å². The molecule has 1 atom stereocenters. The molecule has 12 heteroatoms. The molecule has 37 heavy (non-hydrogen) atoms. The van der Waals surface area contributed by atoms with Crippen LogP contribution in [0.3, 0.4) is 0 Å². The van der Waals surface area contributed by atoms with Crippen molar-refractivity contribution in [3.63, 3.8) is 0 Å². The van der Waals surface area contributed by atoms with E-state index in [4.69, 9.17) is 16.7 Å². The van der Waals surface area contributed by atoms with Crippen LogP contribution in [0.5, 0.6) is 0 Å². The van der Waals surface area contributed by atoms with E-state index < -0.39 is 35.6 Å². The molecular formula is C25H19ClF4N4O3. The molecule has 192 valence electrons. The highest BCUT2D eigenvalue weighted by Gasteiger charge is 2.31. The second kappa shape index (κ2) is 10.5. The number of imidazole rings is 1. The van der Waals surface area contributed by atoms with Crippen LogP contribution >= 0.6 is 11.6 Å². The average Bonchev–Trinajstić information content (AvgIpc) is 3.25. The summed E-state index contributed by atoms with van der Waals surface area (Å²) in [5, 5.41) is 13.7. The Bertz CT molecular complexity index is 1470. The smallest absolute Gasteiger partial charge is 0.416 e. The van der Waals surface area contributed by atoms with Gasteiger partial charge in [-0.05, 0) is 47.0 Å². The third-order valence-corrected chi connectivity index (χ3v) is 5.81. The molecule has 0 aliphatic rings. The van der Waals surface area contributed by atoms with Crippen LogP contribution in [0.25, 0.3) is 22.2 Å². The molecule has 1 heterocycles. The van der Waals surface area contributed by atoms with Gasteiger partial charge in [-0.1, -0.05) is 41.9 Å². The van der Waals surface area contributed by atoms with E-state index in [9.17, 15) is 27.2 Å². The summed E-state index contributed by atoms with van der Waals surface area (Å²) in [4.78, 5) is 31.3. The fourth-order valence-corrected chi connectivity index (χ4v) is 3.94. The van der Waals surface area contributed by atoms with Crippen LogP contribution in [-0.4, -0.2) is 33.1 Å². The van der Waals surface area contributed by atoms with Gasteiger partial charge in [-0.2, -0.15) is 13.2 Å². The van der Waals surface area contributed by atoms with Crippen molar-refractivity contribution in [1.82, 2.24) is 20.6 Å². The lowest BCUT2D eigenvalue weighted by atomic mass is 10.0. The summed E-state index contributed by atoms with van der Waals surface area (Å²) in [7, 11) is 0. The van der Waals surface area contributed by atoms with Crippen LogP contribution in [0, 0.1) is 5.82 Å². The number of rotatable bonds is 7. The normalized spacial score (nSPS) is 12.4.